The van der Waals surface area contributed by atoms with Gasteiger partial charge in [-0.2, -0.15) is 0 Å². The van der Waals surface area contributed by atoms with E-state index in [1.807, 2.05) is 19.9 Å². The van der Waals surface area contributed by atoms with Crippen LogP contribution in [0.1, 0.15) is 41.0 Å². The summed E-state index contributed by atoms with van der Waals surface area (Å²) in [6.07, 6.45) is 3.49. The molecule has 1 aliphatic heterocycles. The summed E-state index contributed by atoms with van der Waals surface area (Å²) < 4.78 is 17.8. The molecule has 1 saturated heterocycles. The second-order valence-corrected chi connectivity index (χ2v) is 11.0. The fourth-order valence-electron chi connectivity index (χ4n) is 7.72. The third-order valence-electron chi connectivity index (χ3n) is 8.91. The third-order valence-corrected chi connectivity index (χ3v) is 8.91. The minimum Gasteiger partial charge on any atom is -0.464 e. The highest BCUT2D eigenvalue weighted by Crippen LogP contribution is 2.73. The molecule has 6 nitrogen and oxygen atoms in total. The van der Waals surface area contributed by atoms with E-state index < -0.39 is 17.5 Å². The fraction of sp³-hybridized carbons (Fsp3) is 0.826. The van der Waals surface area contributed by atoms with E-state index in [4.69, 9.17) is 14.2 Å². The van der Waals surface area contributed by atoms with E-state index in [0.29, 0.717) is 30.8 Å². The van der Waals surface area contributed by atoms with Gasteiger partial charge in [-0.1, -0.05) is 26.8 Å². The maximum atomic E-state index is 13.0. The normalized spacial score (nSPS) is 53.7. The van der Waals surface area contributed by atoms with Crippen LogP contribution in [0.5, 0.6) is 0 Å². The Morgan fingerprint density at radius 3 is 2.66 bits per heavy atom. The second-order valence-electron chi connectivity index (χ2n) is 11.0. The molecule has 0 amide bonds. The molecule has 6 heteroatoms. The summed E-state index contributed by atoms with van der Waals surface area (Å²) in [5, 5.41) is 11.9. The number of ketones is 1. The molecule has 0 spiro atoms. The minimum absolute atomic E-state index is 0.0397. The fourth-order valence-corrected chi connectivity index (χ4v) is 7.72. The molecule has 0 aromatic heterocycles. The molecule has 0 radical (unpaired) electrons. The van der Waals surface area contributed by atoms with Gasteiger partial charge in [-0.25, -0.2) is 0 Å². The van der Waals surface area contributed by atoms with Crippen LogP contribution in [0.15, 0.2) is 12.2 Å². The van der Waals surface area contributed by atoms with Crippen LogP contribution >= 0.6 is 0 Å². The largest absolute Gasteiger partial charge is 0.464 e. The third kappa shape index (κ3) is 2.45. The Morgan fingerprint density at radius 1 is 1.24 bits per heavy atom. The lowest BCUT2D eigenvalue weighted by atomic mass is 9.63. The first-order valence-electron chi connectivity index (χ1n) is 10.9. The highest BCUT2D eigenvalue weighted by atomic mass is 16.7. The van der Waals surface area contributed by atoms with E-state index in [1.165, 1.54) is 6.08 Å². The zero-order valence-electron chi connectivity index (χ0n) is 17.8. The number of hydrogen-bond acceptors (Lipinski definition) is 6. The van der Waals surface area contributed by atoms with Gasteiger partial charge in [-0.3, -0.25) is 9.59 Å². The van der Waals surface area contributed by atoms with E-state index in [-0.39, 0.29) is 41.0 Å². The van der Waals surface area contributed by atoms with Gasteiger partial charge in [0.15, 0.2) is 17.2 Å². The average Bonchev–Trinajstić information content (AvgIpc) is 3.12. The molecule has 0 aromatic carbocycles. The number of carbonyl (C=O) groups excluding carboxylic acids is 2. The number of carbonyl (C=O) groups is 2. The van der Waals surface area contributed by atoms with Gasteiger partial charge in [0, 0.05) is 17.8 Å². The monoisotopic (exact) mass is 404 g/mol. The van der Waals surface area contributed by atoms with Crippen LogP contribution in [0.2, 0.25) is 0 Å². The van der Waals surface area contributed by atoms with Gasteiger partial charge in [0.05, 0.1) is 6.61 Å². The summed E-state index contributed by atoms with van der Waals surface area (Å²) in [5.74, 6) is -0.346. The van der Waals surface area contributed by atoms with Gasteiger partial charge in [-0.15, -0.1) is 0 Å². The maximum Gasteiger partial charge on any atom is 0.293 e. The van der Waals surface area contributed by atoms with Crippen LogP contribution in [-0.4, -0.2) is 47.6 Å². The van der Waals surface area contributed by atoms with E-state index in [0.717, 1.165) is 6.42 Å². The van der Waals surface area contributed by atoms with Crippen LogP contribution in [0.25, 0.3) is 0 Å². The van der Waals surface area contributed by atoms with Crippen molar-refractivity contribution in [2.75, 3.05) is 6.61 Å². The average molecular weight is 405 g/mol. The molecule has 5 rings (SSSR count). The van der Waals surface area contributed by atoms with Gasteiger partial charge in [0.2, 0.25) is 0 Å². The predicted octanol–water partition coefficient (Wildman–Crippen LogP) is 2.34. The topological polar surface area (TPSA) is 82.1 Å². The molecular formula is C23H32O6. The molecule has 4 aliphatic carbocycles. The maximum absolute atomic E-state index is 13.0. The van der Waals surface area contributed by atoms with Gasteiger partial charge >= 0.3 is 0 Å². The highest BCUT2D eigenvalue weighted by Gasteiger charge is 2.74. The van der Waals surface area contributed by atoms with Crippen molar-refractivity contribution in [3.63, 3.8) is 0 Å². The van der Waals surface area contributed by atoms with Crippen molar-refractivity contribution >= 4 is 12.3 Å². The Labute approximate surface area is 172 Å². The van der Waals surface area contributed by atoms with E-state index in [2.05, 4.69) is 20.8 Å². The molecule has 10 atom stereocenters. The van der Waals surface area contributed by atoms with E-state index in [9.17, 15) is 14.7 Å². The first-order chi connectivity index (χ1) is 13.5. The van der Waals surface area contributed by atoms with Crippen LogP contribution in [0, 0.1) is 46.8 Å². The van der Waals surface area contributed by atoms with Crippen LogP contribution < -0.4 is 0 Å². The molecule has 0 bridgehead atoms. The molecule has 0 aromatic rings. The summed E-state index contributed by atoms with van der Waals surface area (Å²) in [6, 6.07) is 0. The molecule has 4 fully saturated rings. The lowest BCUT2D eigenvalue weighted by molar-refractivity contribution is -0.320. The van der Waals surface area contributed by atoms with Crippen LogP contribution in [0.3, 0.4) is 0 Å². The summed E-state index contributed by atoms with van der Waals surface area (Å²) in [4.78, 5) is 24.3. The molecule has 3 saturated carbocycles. The van der Waals surface area contributed by atoms with Crippen molar-refractivity contribution in [1.29, 1.82) is 0 Å². The number of rotatable bonds is 2. The molecule has 9 unspecified atom stereocenters. The number of fused-ring (bicyclic) bond motifs is 7. The Kier molecular flexibility index (Phi) is 4.02. The number of hydrogen-bond donors (Lipinski definition) is 1. The lowest BCUT2D eigenvalue weighted by Crippen LogP contribution is -2.61. The van der Waals surface area contributed by atoms with Gasteiger partial charge < -0.3 is 19.3 Å². The Morgan fingerprint density at radius 2 is 1.97 bits per heavy atom. The zero-order valence-corrected chi connectivity index (χ0v) is 17.8. The minimum atomic E-state index is -1.59. The molecule has 29 heavy (non-hydrogen) atoms. The van der Waals surface area contributed by atoms with E-state index in [1.54, 1.807) is 0 Å². The van der Waals surface area contributed by atoms with E-state index >= 15 is 0 Å². The smallest absolute Gasteiger partial charge is 0.293 e. The van der Waals surface area contributed by atoms with Gasteiger partial charge in [-0.05, 0) is 55.4 Å². The number of ether oxygens (including phenoxy) is 3. The first-order valence-corrected chi connectivity index (χ1v) is 10.9. The summed E-state index contributed by atoms with van der Waals surface area (Å²) in [5.41, 5.74) is -1.52. The van der Waals surface area contributed by atoms with Crippen molar-refractivity contribution < 1.29 is 28.9 Å². The highest BCUT2D eigenvalue weighted by molar-refractivity contribution is 6.00. The molecule has 5 aliphatic rings. The quantitative estimate of drug-likeness (QED) is 0.712. The number of aliphatic hydroxyl groups is 1. The predicted molar refractivity (Wildman–Crippen MR) is 103 cm³/mol. The molecule has 1 N–H and O–H groups in total. The lowest BCUT2D eigenvalue weighted by Gasteiger charge is -2.47. The van der Waals surface area contributed by atoms with Crippen molar-refractivity contribution in [3.05, 3.63) is 12.2 Å². The standard InChI is InChI=1S/C23H32O6/c1-11-16-13(17-18(21(17,2)3)19(11)27-10-24)8-12-9-28-22(4,5)29-20(12)23(26)14(16)6-7-15(23)25/h6-7,10-14,16-20,26H,8-9H2,1-5H3/t11?,12?,13?,14?,16?,17-,18?,19?,20?,23?/m0/s1. The molecule has 1 heterocycles. The second kappa shape index (κ2) is 5.92. The van der Waals surface area contributed by atoms with Crippen molar-refractivity contribution in [2.45, 2.75) is 64.6 Å². The summed E-state index contributed by atoms with van der Waals surface area (Å²) >= 11 is 0. The van der Waals surface area contributed by atoms with Crippen LogP contribution in [0.4, 0.5) is 0 Å². The summed E-state index contributed by atoms with van der Waals surface area (Å²) in [6.45, 7) is 11.3. The van der Waals surface area contributed by atoms with Gasteiger partial charge in [0.25, 0.3) is 6.47 Å². The van der Waals surface area contributed by atoms with Crippen molar-refractivity contribution in [2.24, 2.45) is 46.8 Å². The Bertz CT molecular complexity index is 771. The van der Waals surface area contributed by atoms with Crippen molar-refractivity contribution in [3.8, 4) is 0 Å². The van der Waals surface area contributed by atoms with Gasteiger partial charge in [0.1, 0.15) is 12.2 Å². The Balaban J connectivity index is 1.61. The Hall–Kier alpha value is -1.24. The molecule has 160 valence electrons. The SMILES string of the molecule is CC1C(OC=O)C2[C@H](C3CC4COC(C)(C)OC4C4(O)C(=O)C=CC4C13)C2(C)C. The van der Waals surface area contributed by atoms with Crippen LogP contribution in [-0.2, 0) is 23.8 Å². The summed E-state index contributed by atoms with van der Waals surface area (Å²) in [7, 11) is 0. The molecular weight excluding hydrogens is 372 g/mol. The first kappa shape index (κ1) is 19.7. The zero-order chi connectivity index (χ0) is 20.9. The van der Waals surface area contributed by atoms with Crippen molar-refractivity contribution in [1.82, 2.24) is 0 Å².